The molecule has 0 bridgehead atoms. The Bertz CT molecular complexity index is 666. The predicted octanol–water partition coefficient (Wildman–Crippen LogP) is 3.91. The first-order valence-electron chi connectivity index (χ1n) is 5.44. The monoisotopic (exact) mass is 359 g/mol. The van der Waals surface area contributed by atoms with Crippen LogP contribution in [0.2, 0.25) is 5.02 Å². The SMILES string of the molecule is O=C(O)c1cccc(COc2cc(F)c(Cl)cc2Br)n1. The van der Waals surface area contributed by atoms with Gasteiger partial charge in [0.2, 0.25) is 0 Å². The molecule has 0 atom stereocenters. The minimum Gasteiger partial charge on any atom is -0.486 e. The normalized spacial score (nSPS) is 10.3. The van der Waals surface area contributed by atoms with Crippen LogP contribution in [-0.4, -0.2) is 16.1 Å². The van der Waals surface area contributed by atoms with E-state index in [2.05, 4.69) is 20.9 Å². The van der Waals surface area contributed by atoms with Gasteiger partial charge in [-0.2, -0.15) is 0 Å². The lowest BCUT2D eigenvalue weighted by Gasteiger charge is -2.09. The third kappa shape index (κ3) is 3.46. The van der Waals surface area contributed by atoms with Crippen molar-refractivity contribution in [3.8, 4) is 5.75 Å². The van der Waals surface area contributed by atoms with Crippen LogP contribution in [0.1, 0.15) is 16.2 Å². The summed E-state index contributed by atoms with van der Waals surface area (Å²) in [6.07, 6.45) is 0. The van der Waals surface area contributed by atoms with Gasteiger partial charge in [0.25, 0.3) is 0 Å². The van der Waals surface area contributed by atoms with E-state index in [0.29, 0.717) is 10.2 Å². The third-order valence-electron chi connectivity index (χ3n) is 2.38. The van der Waals surface area contributed by atoms with Gasteiger partial charge in [0.1, 0.15) is 23.9 Å². The van der Waals surface area contributed by atoms with Crippen LogP contribution in [0.3, 0.4) is 0 Å². The first-order valence-corrected chi connectivity index (χ1v) is 6.61. The molecule has 20 heavy (non-hydrogen) atoms. The molecule has 1 aromatic carbocycles. The maximum absolute atomic E-state index is 13.3. The average Bonchev–Trinajstić information content (AvgIpc) is 2.41. The number of carboxylic acid groups (broad SMARTS) is 1. The molecule has 0 radical (unpaired) electrons. The van der Waals surface area contributed by atoms with E-state index in [1.165, 1.54) is 12.1 Å². The number of pyridine rings is 1. The highest BCUT2D eigenvalue weighted by Gasteiger charge is 2.09. The van der Waals surface area contributed by atoms with Crippen LogP contribution in [0.5, 0.6) is 5.75 Å². The number of aromatic carboxylic acids is 1. The van der Waals surface area contributed by atoms with E-state index >= 15 is 0 Å². The summed E-state index contributed by atoms with van der Waals surface area (Å²) in [6, 6.07) is 7.09. The molecule has 1 heterocycles. The van der Waals surface area contributed by atoms with Gasteiger partial charge < -0.3 is 9.84 Å². The van der Waals surface area contributed by atoms with Crippen LogP contribution in [-0.2, 0) is 6.61 Å². The Morgan fingerprint density at radius 1 is 1.45 bits per heavy atom. The molecule has 0 aliphatic rings. The summed E-state index contributed by atoms with van der Waals surface area (Å²) in [7, 11) is 0. The fraction of sp³-hybridized carbons (Fsp3) is 0.0769. The predicted molar refractivity (Wildman–Crippen MR) is 74.6 cm³/mol. The Morgan fingerprint density at radius 3 is 2.90 bits per heavy atom. The summed E-state index contributed by atoms with van der Waals surface area (Å²) in [6.45, 7) is 0.0147. The molecule has 0 aliphatic carbocycles. The van der Waals surface area contributed by atoms with Crippen molar-refractivity contribution >= 4 is 33.5 Å². The zero-order chi connectivity index (χ0) is 14.7. The minimum absolute atomic E-state index is 0.0147. The largest absolute Gasteiger partial charge is 0.486 e. The van der Waals surface area contributed by atoms with Crippen LogP contribution < -0.4 is 4.74 Å². The molecular formula is C13H8BrClFNO3. The Balaban J connectivity index is 2.15. The van der Waals surface area contributed by atoms with E-state index in [1.807, 2.05) is 0 Å². The highest BCUT2D eigenvalue weighted by Crippen LogP contribution is 2.30. The summed E-state index contributed by atoms with van der Waals surface area (Å²) in [4.78, 5) is 14.7. The van der Waals surface area contributed by atoms with E-state index in [0.717, 1.165) is 6.07 Å². The Kier molecular flexibility index (Phi) is 4.57. The van der Waals surface area contributed by atoms with E-state index in [9.17, 15) is 9.18 Å². The van der Waals surface area contributed by atoms with Crippen molar-refractivity contribution in [1.29, 1.82) is 0 Å². The first-order chi connectivity index (χ1) is 9.47. The fourth-order valence-electron chi connectivity index (χ4n) is 1.45. The van der Waals surface area contributed by atoms with Crippen molar-refractivity contribution in [2.75, 3.05) is 0 Å². The van der Waals surface area contributed by atoms with Gasteiger partial charge in [0.15, 0.2) is 0 Å². The van der Waals surface area contributed by atoms with E-state index in [4.69, 9.17) is 21.4 Å². The summed E-state index contributed by atoms with van der Waals surface area (Å²) in [5.41, 5.74) is 0.347. The summed E-state index contributed by atoms with van der Waals surface area (Å²) < 4.78 is 19.2. The maximum Gasteiger partial charge on any atom is 0.354 e. The van der Waals surface area contributed by atoms with Crippen molar-refractivity contribution in [2.24, 2.45) is 0 Å². The Hall–Kier alpha value is -1.66. The van der Waals surface area contributed by atoms with Gasteiger partial charge in [-0.25, -0.2) is 14.2 Å². The zero-order valence-electron chi connectivity index (χ0n) is 9.94. The summed E-state index contributed by atoms with van der Waals surface area (Å²) in [5.74, 6) is -1.46. The standard InChI is InChI=1S/C13H8BrClFNO3/c14-8-4-9(15)10(16)5-12(8)20-6-7-2-1-3-11(17-7)13(18)19/h1-5H,6H2,(H,18,19). The molecule has 1 aromatic heterocycles. The molecule has 0 fully saturated rings. The quantitative estimate of drug-likeness (QED) is 0.840. The third-order valence-corrected chi connectivity index (χ3v) is 3.29. The van der Waals surface area contributed by atoms with Crippen LogP contribution >= 0.6 is 27.5 Å². The number of halogens is 3. The lowest BCUT2D eigenvalue weighted by Crippen LogP contribution is -2.05. The number of ether oxygens (including phenoxy) is 1. The van der Waals surface area contributed by atoms with E-state index in [1.54, 1.807) is 12.1 Å². The molecule has 1 N–H and O–H groups in total. The smallest absolute Gasteiger partial charge is 0.354 e. The van der Waals surface area contributed by atoms with Crippen molar-refractivity contribution in [1.82, 2.24) is 4.98 Å². The van der Waals surface area contributed by atoms with E-state index in [-0.39, 0.29) is 23.1 Å². The van der Waals surface area contributed by atoms with Crippen molar-refractivity contribution in [3.63, 3.8) is 0 Å². The Morgan fingerprint density at radius 2 is 2.20 bits per heavy atom. The van der Waals surface area contributed by atoms with Gasteiger partial charge in [-0.1, -0.05) is 17.7 Å². The molecule has 7 heteroatoms. The molecular weight excluding hydrogens is 353 g/mol. The number of hydrogen-bond acceptors (Lipinski definition) is 3. The Labute approximate surface area is 127 Å². The maximum atomic E-state index is 13.3. The van der Waals surface area contributed by atoms with Gasteiger partial charge in [0.05, 0.1) is 15.2 Å². The molecule has 0 saturated carbocycles. The number of carboxylic acids is 1. The number of rotatable bonds is 4. The van der Waals surface area contributed by atoms with E-state index < -0.39 is 11.8 Å². The molecule has 0 aliphatic heterocycles. The molecule has 0 spiro atoms. The highest BCUT2D eigenvalue weighted by atomic mass is 79.9. The van der Waals surface area contributed by atoms with Gasteiger partial charge in [-0.3, -0.25) is 0 Å². The number of aromatic nitrogens is 1. The highest BCUT2D eigenvalue weighted by molar-refractivity contribution is 9.10. The molecule has 2 aromatic rings. The molecule has 0 amide bonds. The molecule has 4 nitrogen and oxygen atoms in total. The van der Waals surface area contributed by atoms with Crippen molar-refractivity contribution in [3.05, 3.63) is 57.0 Å². The van der Waals surface area contributed by atoms with Crippen molar-refractivity contribution < 1.29 is 19.0 Å². The first kappa shape index (κ1) is 14.7. The lowest BCUT2D eigenvalue weighted by molar-refractivity contribution is 0.0690. The summed E-state index contributed by atoms with van der Waals surface area (Å²) >= 11 is 8.82. The molecule has 104 valence electrons. The van der Waals surface area contributed by atoms with Crippen molar-refractivity contribution in [2.45, 2.75) is 6.61 Å². The van der Waals surface area contributed by atoms with Crippen LogP contribution in [0.4, 0.5) is 4.39 Å². The second-order valence-corrected chi connectivity index (χ2v) is 5.07. The second-order valence-electron chi connectivity index (χ2n) is 3.80. The van der Waals surface area contributed by atoms with Gasteiger partial charge in [-0.15, -0.1) is 0 Å². The summed E-state index contributed by atoms with van der Waals surface area (Å²) in [5, 5.41) is 8.81. The topological polar surface area (TPSA) is 59.4 Å². The number of benzene rings is 1. The molecule has 0 saturated heterocycles. The van der Waals surface area contributed by atoms with Crippen LogP contribution in [0.15, 0.2) is 34.8 Å². The number of hydrogen-bond donors (Lipinski definition) is 1. The van der Waals surface area contributed by atoms with Gasteiger partial charge in [0, 0.05) is 6.07 Å². The zero-order valence-corrected chi connectivity index (χ0v) is 12.3. The van der Waals surface area contributed by atoms with Crippen LogP contribution in [0, 0.1) is 5.82 Å². The number of carbonyl (C=O) groups is 1. The second kappa shape index (κ2) is 6.19. The molecule has 0 unspecified atom stereocenters. The average molecular weight is 361 g/mol. The van der Waals surface area contributed by atoms with Gasteiger partial charge in [-0.05, 0) is 34.1 Å². The number of nitrogens with zero attached hydrogens (tertiary/aromatic N) is 1. The van der Waals surface area contributed by atoms with Gasteiger partial charge >= 0.3 is 5.97 Å². The van der Waals surface area contributed by atoms with Crippen LogP contribution in [0.25, 0.3) is 0 Å². The fourth-order valence-corrected chi connectivity index (χ4v) is 2.20. The minimum atomic E-state index is -1.12. The molecule has 2 rings (SSSR count). The lowest BCUT2D eigenvalue weighted by atomic mass is 10.3.